The van der Waals surface area contributed by atoms with Crippen LogP contribution >= 0.6 is 0 Å². The normalized spacial score (nSPS) is 15.4. The number of ether oxygens (including phenoxy) is 1. The summed E-state index contributed by atoms with van der Waals surface area (Å²) in [7, 11) is 0. The van der Waals surface area contributed by atoms with Crippen LogP contribution < -0.4 is 0 Å². The van der Waals surface area contributed by atoms with Gasteiger partial charge in [0.25, 0.3) is 0 Å². The van der Waals surface area contributed by atoms with Gasteiger partial charge in [0.15, 0.2) is 0 Å². The van der Waals surface area contributed by atoms with Crippen molar-refractivity contribution >= 4 is 0 Å². The summed E-state index contributed by atoms with van der Waals surface area (Å²) in [6.45, 7) is 4.60. The van der Waals surface area contributed by atoms with E-state index in [0.717, 1.165) is 23.5 Å². The predicted octanol–water partition coefficient (Wildman–Crippen LogP) is 3.89. The number of furan rings is 1. The van der Waals surface area contributed by atoms with Gasteiger partial charge in [-0.2, -0.15) is 0 Å². The van der Waals surface area contributed by atoms with Crippen molar-refractivity contribution in [2.45, 2.75) is 26.9 Å². The zero-order valence-corrected chi connectivity index (χ0v) is 9.69. The van der Waals surface area contributed by atoms with Gasteiger partial charge in [0, 0.05) is 5.56 Å². The van der Waals surface area contributed by atoms with Crippen molar-refractivity contribution in [3.8, 4) is 0 Å². The van der Waals surface area contributed by atoms with Crippen LogP contribution in [-0.4, -0.2) is 0 Å². The van der Waals surface area contributed by atoms with Gasteiger partial charge in [0.1, 0.15) is 18.1 Å². The lowest BCUT2D eigenvalue weighted by Gasteiger charge is -2.05. The number of aryl methyl sites for hydroxylation is 1. The number of hydrogen-bond acceptors (Lipinski definition) is 2. The second kappa shape index (κ2) is 4.88. The van der Waals surface area contributed by atoms with Crippen molar-refractivity contribution in [2.24, 2.45) is 0 Å². The molecule has 0 aromatic carbocycles. The van der Waals surface area contributed by atoms with Gasteiger partial charge in [-0.1, -0.05) is 17.7 Å². The Morgan fingerprint density at radius 3 is 2.88 bits per heavy atom. The topological polar surface area (TPSA) is 22.4 Å². The maximum absolute atomic E-state index is 5.72. The molecule has 2 nitrogen and oxygen atoms in total. The number of rotatable bonds is 3. The SMILES string of the molecule is CC1=CCC=C(OCc2ccoc2C)C=C1. The van der Waals surface area contributed by atoms with Gasteiger partial charge >= 0.3 is 0 Å². The van der Waals surface area contributed by atoms with Gasteiger partial charge in [-0.25, -0.2) is 0 Å². The molecule has 2 rings (SSSR count). The fourth-order valence-corrected chi connectivity index (χ4v) is 1.54. The summed E-state index contributed by atoms with van der Waals surface area (Å²) in [6, 6.07) is 1.94. The highest BCUT2D eigenvalue weighted by Gasteiger charge is 2.03. The van der Waals surface area contributed by atoms with Crippen LogP contribution in [0.1, 0.15) is 24.7 Å². The molecule has 0 bridgehead atoms. The Morgan fingerprint density at radius 1 is 1.25 bits per heavy atom. The summed E-state index contributed by atoms with van der Waals surface area (Å²) in [5.74, 6) is 1.85. The van der Waals surface area contributed by atoms with Crippen LogP contribution in [0.5, 0.6) is 0 Å². The molecule has 1 aliphatic carbocycles. The molecule has 0 atom stereocenters. The average Bonchev–Trinajstić information content (AvgIpc) is 2.55. The molecule has 1 aromatic heterocycles. The minimum atomic E-state index is 0.567. The molecular formula is C14H16O2. The summed E-state index contributed by atoms with van der Waals surface area (Å²) in [4.78, 5) is 0. The van der Waals surface area contributed by atoms with E-state index in [1.54, 1.807) is 6.26 Å². The molecule has 0 saturated carbocycles. The van der Waals surface area contributed by atoms with E-state index in [2.05, 4.69) is 25.2 Å². The van der Waals surface area contributed by atoms with Gasteiger partial charge in [0.05, 0.1) is 6.26 Å². The van der Waals surface area contributed by atoms with Crippen molar-refractivity contribution in [1.82, 2.24) is 0 Å². The molecular weight excluding hydrogens is 200 g/mol. The van der Waals surface area contributed by atoms with Crippen LogP contribution in [0, 0.1) is 6.92 Å². The van der Waals surface area contributed by atoms with E-state index in [1.807, 2.05) is 19.1 Å². The van der Waals surface area contributed by atoms with Gasteiger partial charge in [-0.15, -0.1) is 0 Å². The highest BCUT2D eigenvalue weighted by molar-refractivity contribution is 5.28. The monoisotopic (exact) mass is 216 g/mol. The Morgan fingerprint density at radius 2 is 2.12 bits per heavy atom. The lowest BCUT2D eigenvalue weighted by atomic mass is 10.2. The van der Waals surface area contributed by atoms with E-state index in [1.165, 1.54) is 5.57 Å². The lowest BCUT2D eigenvalue weighted by molar-refractivity contribution is 0.208. The van der Waals surface area contributed by atoms with Crippen molar-refractivity contribution in [1.29, 1.82) is 0 Å². The zero-order valence-electron chi connectivity index (χ0n) is 9.69. The molecule has 84 valence electrons. The first-order valence-electron chi connectivity index (χ1n) is 5.46. The molecule has 0 N–H and O–H groups in total. The summed E-state index contributed by atoms with van der Waals surface area (Å²) in [5.41, 5.74) is 2.37. The van der Waals surface area contributed by atoms with E-state index < -0.39 is 0 Å². The van der Waals surface area contributed by atoms with Crippen LogP contribution in [-0.2, 0) is 11.3 Å². The molecule has 0 spiro atoms. The largest absolute Gasteiger partial charge is 0.489 e. The molecule has 1 aliphatic rings. The Hall–Kier alpha value is -1.70. The standard InChI is InChI=1S/C14H16O2/c1-11-4-3-5-14(7-6-11)16-10-13-8-9-15-12(13)2/h4-9H,3,10H2,1-2H3. The van der Waals surface area contributed by atoms with Crippen LogP contribution in [0.3, 0.4) is 0 Å². The minimum Gasteiger partial charge on any atom is -0.489 e. The van der Waals surface area contributed by atoms with Gasteiger partial charge in [-0.05, 0) is 38.5 Å². The first-order chi connectivity index (χ1) is 7.75. The van der Waals surface area contributed by atoms with Gasteiger partial charge in [-0.3, -0.25) is 0 Å². The van der Waals surface area contributed by atoms with Crippen LogP contribution in [0.2, 0.25) is 0 Å². The highest BCUT2D eigenvalue weighted by atomic mass is 16.5. The molecule has 1 heterocycles. The van der Waals surface area contributed by atoms with Crippen molar-refractivity contribution in [2.75, 3.05) is 0 Å². The maximum atomic E-state index is 5.72. The first kappa shape index (κ1) is 10.8. The third-order valence-electron chi connectivity index (χ3n) is 2.63. The molecule has 0 amide bonds. The fourth-order valence-electron chi connectivity index (χ4n) is 1.54. The van der Waals surface area contributed by atoms with Crippen LogP contribution in [0.25, 0.3) is 0 Å². The average molecular weight is 216 g/mol. The third-order valence-corrected chi connectivity index (χ3v) is 2.63. The van der Waals surface area contributed by atoms with Crippen LogP contribution in [0.4, 0.5) is 0 Å². The van der Waals surface area contributed by atoms with Crippen molar-refractivity contribution in [3.63, 3.8) is 0 Å². The molecule has 2 heteroatoms. The maximum Gasteiger partial charge on any atom is 0.117 e. The van der Waals surface area contributed by atoms with E-state index >= 15 is 0 Å². The predicted molar refractivity (Wildman–Crippen MR) is 63.8 cm³/mol. The van der Waals surface area contributed by atoms with Crippen molar-refractivity contribution in [3.05, 3.63) is 59.3 Å². The smallest absolute Gasteiger partial charge is 0.117 e. The molecule has 16 heavy (non-hydrogen) atoms. The number of hydrogen-bond donors (Lipinski definition) is 0. The second-order valence-corrected chi connectivity index (χ2v) is 3.91. The molecule has 0 fully saturated rings. The fraction of sp³-hybridized carbons (Fsp3) is 0.286. The van der Waals surface area contributed by atoms with E-state index in [9.17, 15) is 0 Å². The number of allylic oxidation sites excluding steroid dienone is 5. The summed E-state index contributed by atoms with van der Waals surface area (Å²) >= 11 is 0. The highest BCUT2D eigenvalue weighted by Crippen LogP contribution is 2.15. The zero-order chi connectivity index (χ0) is 11.4. The minimum absolute atomic E-state index is 0.567. The van der Waals surface area contributed by atoms with E-state index in [4.69, 9.17) is 9.15 Å². The second-order valence-electron chi connectivity index (χ2n) is 3.91. The lowest BCUT2D eigenvalue weighted by Crippen LogP contribution is -1.91. The van der Waals surface area contributed by atoms with E-state index in [0.29, 0.717) is 6.61 Å². The molecule has 1 aromatic rings. The first-order valence-corrected chi connectivity index (χ1v) is 5.46. The Labute approximate surface area is 95.9 Å². The molecule has 0 aliphatic heterocycles. The van der Waals surface area contributed by atoms with Gasteiger partial charge in [0.2, 0.25) is 0 Å². The summed E-state index contributed by atoms with van der Waals surface area (Å²) in [6.07, 6.45) is 11.0. The Bertz CT molecular complexity index is 447. The summed E-state index contributed by atoms with van der Waals surface area (Å²) < 4.78 is 10.9. The van der Waals surface area contributed by atoms with Crippen molar-refractivity contribution < 1.29 is 9.15 Å². The van der Waals surface area contributed by atoms with Gasteiger partial charge < -0.3 is 9.15 Å². The Balaban J connectivity index is 1.95. The molecule has 0 saturated heterocycles. The molecule has 0 unspecified atom stereocenters. The third kappa shape index (κ3) is 2.66. The Kier molecular flexibility index (Phi) is 3.30. The quantitative estimate of drug-likeness (QED) is 0.764. The van der Waals surface area contributed by atoms with E-state index in [-0.39, 0.29) is 0 Å². The molecule has 0 radical (unpaired) electrons. The summed E-state index contributed by atoms with van der Waals surface area (Å²) in [5, 5.41) is 0. The van der Waals surface area contributed by atoms with Crippen LogP contribution in [0.15, 0.2) is 52.4 Å².